The molecule has 18 heavy (non-hydrogen) atoms. The van der Waals surface area contributed by atoms with E-state index in [4.69, 9.17) is 5.73 Å². The summed E-state index contributed by atoms with van der Waals surface area (Å²) in [5.74, 6) is 1.22. The van der Waals surface area contributed by atoms with E-state index in [1.165, 1.54) is 6.42 Å². The molecule has 0 spiro atoms. The van der Waals surface area contributed by atoms with Crippen molar-refractivity contribution in [1.29, 1.82) is 0 Å². The highest BCUT2D eigenvalue weighted by atomic mass is 16.2. The lowest BCUT2D eigenvalue weighted by Gasteiger charge is -2.35. The number of hydrogen-bond acceptors (Lipinski definition) is 2. The van der Waals surface area contributed by atoms with Crippen LogP contribution in [0.2, 0.25) is 0 Å². The van der Waals surface area contributed by atoms with Gasteiger partial charge < -0.3 is 10.6 Å². The summed E-state index contributed by atoms with van der Waals surface area (Å²) in [6.45, 7) is 8.08. The van der Waals surface area contributed by atoms with Gasteiger partial charge in [0.2, 0.25) is 0 Å². The molecule has 2 N–H and O–H groups in total. The Kier molecular flexibility index (Phi) is 3.60. The first-order valence-corrected chi connectivity index (χ1v) is 6.62. The molecule has 0 bridgehead atoms. The van der Waals surface area contributed by atoms with Crippen molar-refractivity contribution >= 4 is 11.6 Å². The number of rotatable bonds is 1. The summed E-state index contributed by atoms with van der Waals surface area (Å²) in [5.41, 5.74) is 8.22. The SMILES string of the molecule is Cc1ccc(N)c(C(=O)N2CC(C)CC(C)C2)c1. The first-order valence-electron chi connectivity index (χ1n) is 6.62. The van der Waals surface area contributed by atoms with Gasteiger partial charge in [0.05, 0.1) is 5.56 Å². The predicted octanol–water partition coefficient (Wildman–Crippen LogP) is 2.70. The van der Waals surface area contributed by atoms with Gasteiger partial charge >= 0.3 is 0 Å². The van der Waals surface area contributed by atoms with Gasteiger partial charge in [-0.3, -0.25) is 4.79 Å². The van der Waals surface area contributed by atoms with E-state index >= 15 is 0 Å². The number of benzene rings is 1. The highest BCUT2D eigenvalue weighted by Gasteiger charge is 2.26. The number of nitrogens with zero attached hydrogens (tertiary/aromatic N) is 1. The maximum absolute atomic E-state index is 12.5. The molecular weight excluding hydrogens is 224 g/mol. The van der Waals surface area contributed by atoms with Crippen LogP contribution in [0.5, 0.6) is 0 Å². The van der Waals surface area contributed by atoms with E-state index in [1.807, 2.05) is 30.0 Å². The fourth-order valence-electron chi connectivity index (χ4n) is 2.85. The van der Waals surface area contributed by atoms with Gasteiger partial charge in [0.25, 0.3) is 5.91 Å². The highest BCUT2D eigenvalue weighted by molar-refractivity contribution is 5.99. The van der Waals surface area contributed by atoms with Crippen LogP contribution in [0.4, 0.5) is 5.69 Å². The van der Waals surface area contributed by atoms with Gasteiger partial charge in [-0.2, -0.15) is 0 Å². The number of nitrogen functional groups attached to an aromatic ring is 1. The molecule has 1 aromatic rings. The summed E-state index contributed by atoms with van der Waals surface area (Å²) < 4.78 is 0. The second kappa shape index (κ2) is 5.01. The van der Waals surface area contributed by atoms with Crippen LogP contribution in [0.3, 0.4) is 0 Å². The normalized spacial score (nSPS) is 24.1. The summed E-state index contributed by atoms with van der Waals surface area (Å²) in [4.78, 5) is 14.5. The zero-order valence-electron chi connectivity index (χ0n) is 11.4. The Morgan fingerprint density at radius 3 is 2.50 bits per heavy atom. The molecule has 2 unspecified atom stereocenters. The molecule has 98 valence electrons. The molecule has 1 fully saturated rings. The average molecular weight is 246 g/mol. The fraction of sp³-hybridized carbons (Fsp3) is 0.533. The van der Waals surface area contributed by atoms with E-state index < -0.39 is 0 Å². The minimum absolute atomic E-state index is 0.0783. The molecular formula is C15H22N2O. The molecule has 0 aromatic heterocycles. The molecule has 0 aliphatic carbocycles. The minimum Gasteiger partial charge on any atom is -0.398 e. The van der Waals surface area contributed by atoms with Crippen molar-refractivity contribution in [2.75, 3.05) is 18.8 Å². The van der Waals surface area contributed by atoms with Gasteiger partial charge in [0, 0.05) is 18.8 Å². The first-order chi connectivity index (χ1) is 8.47. The number of nitrogens with two attached hydrogens (primary N) is 1. The van der Waals surface area contributed by atoms with Crippen molar-refractivity contribution in [2.45, 2.75) is 27.2 Å². The number of amides is 1. The summed E-state index contributed by atoms with van der Waals surface area (Å²) in [7, 11) is 0. The van der Waals surface area contributed by atoms with Crippen LogP contribution < -0.4 is 5.73 Å². The lowest BCUT2D eigenvalue weighted by Crippen LogP contribution is -2.42. The lowest BCUT2D eigenvalue weighted by atomic mass is 9.91. The maximum atomic E-state index is 12.5. The Balaban J connectivity index is 2.22. The maximum Gasteiger partial charge on any atom is 0.255 e. The number of hydrogen-bond donors (Lipinski definition) is 1. The molecule has 2 rings (SSSR count). The van der Waals surface area contributed by atoms with Crippen LogP contribution in [0.25, 0.3) is 0 Å². The standard InChI is InChI=1S/C15H22N2O/c1-10-4-5-14(16)13(7-10)15(18)17-8-11(2)6-12(3)9-17/h4-5,7,11-12H,6,8-9,16H2,1-3H3. The van der Waals surface area contributed by atoms with Crippen molar-refractivity contribution in [2.24, 2.45) is 11.8 Å². The van der Waals surface area contributed by atoms with Crippen LogP contribution >= 0.6 is 0 Å². The Hall–Kier alpha value is -1.51. The summed E-state index contributed by atoms with van der Waals surface area (Å²) >= 11 is 0. The van der Waals surface area contributed by atoms with E-state index in [2.05, 4.69) is 13.8 Å². The van der Waals surface area contributed by atoms with Crippen molar-refractivity contribution in [1.82, 2.24) is 4.90 Å². The van der Waals surface area contributed by atoms with Crippen molar-refractivity contribution in [3.8, 4) is 0 Å². The average Bonchev–Trinajstić information content (AvgIpc) is 2.30. The summed E-state index contributed by atoms with van der Waals surface area (Å²) in [5, 5.41) is 0. The van der Waals surface area contributed by atoms with Crippen LogP contribution in [0.1, 0.15) is 36.2 Å². The number of anilines is 1. The number of carbonyl (C=O) groups excluding carboxylic acids is 1. The van der Waals surface area contributed by atoms with Crippen molar-refractivity contribution in [3.63, 3.8) is 0 Å². The highest BCUT2D eigenvalue weighted by Crippen LogP contribution is 2.24. The molecule has 2 atom stereocenters. The predicted molar refractivity (Wildman–Crippen MR) is 74.4 cm³/mol. The number of carbonyl (C=O) groups is 1. The van der Waals surface area contributed by atoms with Gasteiger partial charge in [-0.05, 0) is 37.3 Å². The summed E-state index contributed by atoms with van der Waals surface area (Å²) in [6.07, 6.45) is 1.20. The Morgan fingerprint density at radius 2 is 1.89 bits per heavy atom. The quantitative estimate of drug-likeness (QED) is 0.774. The molecule has 0 radical (unpaired) electrons. The number of aryl methyl sites for hydroxylation is 1. The Bertz CT molecular complexity index is 446. The second-order valence-electron chi connectivity index (χ2n) is 5.75. The molecule has 1 saturated heterocycles. The molecule has 0 saturated carbocycles. The van der Waals surface area contributed by atoms with E-state index in [9.17, 15) is 4.79 Å². The van der Waals surface area contributed by atoms with E-state index in [0.717, 1.165) is 18.7 Å². The van der Waals surface area contributed by atoms with Gasteiger partial charge in [0.1, 0.15) is 0 Å². The smallest absolute Gasteiger partial charge is 0.255 e. The van der Waals surface area contributed by atoms with Crippen LogP contribution in [-0.2, 0) is 0 Å². The third kappa shape index (κ3) is 2.66. The van der Waals surface area contributed by atoms with Gasteiger partial charge in [0.15, 0.2) is 0 Å². The molecule has 1 heterocycles. The molecule has 1 amide bonds. The second-order valence-corrected chi connectivity index (χ2v) is 5.75. The van der Waals surface area contributed by atoms with Crippen LogP contribution in [0.15, 0.2) is 18.2 Å². The molecule has 3 heteroatoms. The minimum atomic E-state index is 0.0783. The third-order valence-corrected chi connectivity index (χ3v) is 3.60. The molecule has 1 aromatic carbocycles. The zero-order chi connectivity index (χ0) is 13.3. The van der Waals surface area contributed by atoms with E-state index in [1.54, 1.807) is 0 Å². The van der Waals surface area contributed by atoms with Crippen LogP contribution in [0, 0.1) is 18.8 Å². The van der Waals surface area contributed by atoms with E-state index in [0.29, 0.717) is 23.1 Å². The van der Waals surface area contributed by atoms with Gasteiger partial charge in [-0.1, -0.05) is 25.5 Å². The van der Waals surface area contributed by atoms with Crippen LogP contribution in [-0.4, -0.2) is 23.9 Å². The molecule has 3 nitrogen and oxygen atoms in total. The van der Waals surface area contributed by atoms with E-state index in [-0.39, 0.29) is 5.91 Å². The lowest BCUT2D eigenvalue weighted by molar-refractivity contribution is 0.0624. The van der Waals surface area contributed by atoms with Gasteiger partial charge in [-0.25, -0.2) is 0 Å². The van der Waals surface area contributed by atoms with Crippen molar-refractivity contribution in [3.05, 3.63) is 29.3 Å². The monoisotopic (exact) mass is 246 g/mol. The number of piperidine rings is 1. The largest absolute Gasteiger partial charge is 0.398 e. The third-order valence-electron chi connectivity index (χ3n) is 3.60. The zero-order valence-corrected chi connectivity index (χ0v) is 11.4. The van der Waals surface area contributed by atoms with Gasteiger partial charge in [-0.15, -0.1) is 0 Å². The van der Waals surface area contributed by atoms with Crippen molar-refractivity contribution < 1.29 is 4.79 Å². The Labute approximate surface area is 109 Å². The first kappa shape index (κ1) is 12.9. The topological polar surface area (TPSA) is 46.3 Å². The molecule has 1 aliphatic heterocycles. The fourth-order valence-corrected chi connectivity index (χ4v) is 2.85. The Morgan fingerprint density at radius 1 is 1.28 bits per heavy atom. The summed E-state index contributed by atoms with van der Waals surface area (Å²) in [6, 6.07) is 5.65. The number of likely N-dealkylation sites (tertiary alicyclic amines) is 1. The molecule has 1 aliphatic rings.